The zero-order valence-corrected chi connectivity index (χ0v) is 16.1. The zero-order chi connectivity index (χ0) is 16.2. The minimum Gasteiger partial charge on any atom is -0.144 e. The molecule has 0 saturated heterocycles. The highest BCUT2D eigenvalue weighted by molar-refractivity contribution is 7.12. The highest BCUT2D eigenvalue weighted by Gasteiger charge is 2.29. The second-order valence-corrected chi connectivity index (χ2v) is 9.35. The van der Waals surface area contributed by atoms with Crippen LogP contribution in [0, 0.1) is 11.8 Å². The van der Waals surface area contributed by atoms with E-state index in [1.54, 1.807) is 20.9 Å². The SMILES string of the molecule is c1csc(/C(=C(/c2cccs2)C2CCCCC2)C2CCCCC2)c1. The van der Waals surface area contributed by atoms with E-state index in [2.05, 4.69) is 35.0 Å². The fourth-order valence-electron chi connectivity index (χ4n) is 4.75. The summed E-state index contributed by atoms with van der Waals surface area (Å²) in [6, 6.07) is 9.25. The van der Waals surface area contributed by atoms with E-state index in [4.69, 9.17) is 0 Å². The average molecular weight is 357 g/mol. The Hall–Kier alpha value is -0.860. The fraction of sp³-hybridized carbons (Fsp3) is 0.545. The van der Waals surface area contributed by atoms with Crippen molar-refractivity contribution in [1.82, 2.24) is 0 Å². The number of rotatable bonds is 4. The molecule has 0 aliphatic heterocycles. The third kappa shape index (κ3) is 3.55. The van der Waals surface area contributed by atoms with Crippen LogP contribution in [0.25, 0.3) is 11.1 Å². The smallest absolute Gasteiger partial charge is 0.0308 e. The normalized spacial score (nSPS) is 21.7. The van der Waals surface area contributed by atoms with Crippen LogP contribution >= 0.6 is 22.7 Å². The molecule has 0 amide bonds. The summed E-state index contributed by atoms with van der Waals surface area (Å²) in [6.07, 6.45) is 14.1. The summed E-state index contributed by atoms with van der Waals surface area (Å²) in [7, 11) is 0. The Morgan fingerprint density at radius 2 is 1.04 bits per heavy atom. The molecule has 0 spiro atoms. The topological polar surface area (TPSA) is 0 Å². The first-order valence-corrected chi connectivity index (χ1v) is 11.5. The molecular weight excluding hydrogens is 328 g/mol. The molecule has 2 aliphatic carbocycles. The predicted octanol–water partition coefficient (Wildman–Crippen LogP) is 7.88. The highest BCUT2D eigenvalue weighted by Crippen LogP contribution is 2.47. The summed E-state index contributed by atoms with van der Waals surface area (Å²) in [6.45, 7) is 0. The molecule has 24 heavy (non-hydrogen) atoms. The maximum absolute atomic E-state index is 2.38. The summed E-state index contributed by atoms with van der Waals surface area (Å²) < 4.78 is 0. The van der Waals surface area contributed by atoms with Crippen molar-refractivity contribution in [3.05, 3.63) is 44.8 Å². The first-order valence-electron chi connectivity index (χ1n) is 9.75. The summed E-state index contributed by atoms with van der Waals surface area (Å²) in [5.74, 6) is 1.58. The Bertz CT molecular complexity index is 578. The Labute approximate surface area is 154 Å². The molecule has 2 heterocycles. The summed E-state index contributed by atoms with van der Waals surface area (Å²) in [5, 5.41) is 4.54. The fourth-order valence-corrected chi connectivity index (χ4v) is 6.48. The average Bonchev–Trinajstić information content (AvgIpc) is 3.35. The van der Waals surface area contributed by atoms with Crippen molar-refractivity contribution in [3.8, 4) is 0 Å². The molecule has 2 aromatic heterocycles. The van der Waals surface area contributed by atoms with E-state index in [0.717, 1.165) is 11.8 Å². The van der Waals surface area contributed by atoms with Gasteiger partial charge >= 0.3 is 0 Å². The first kappa shape index (κ1) is 16.6. The highest BCUT2D eigenvalue weighted by atomic mass is 32.1. The van der Waals surface area contributed by atoms with Crippen molar-refractivity contribution >= 4 is 33.8 Å². The van der Waals surface area contributed by atoms with Gasteiger partial charge in [0, 0.05) is 9.75 Å². The molecule has 0 nitrogen and oxygen atoms in total. The van der Waals surface area contributed by atoms with E-state index < -0.39 is 0 Å². The van der Waals surface area contributed by atoms with Crippen molar-refractivity contribution in [1.29, 1.82) is 0 Å². The minimum atomic E-state index is 0.788. The second-order valence-electron chi connectivity index (χ2n) is 7.45. The van der Waals surface area contributed by atoms with E-state index in [1.165, 1.54) is 64.2 Å². The molecule has 0 atom stereocenters. The Morgan fingerprint density at radius 1 is 0.625 bits per heavy atom. The number of allylic oxidation sites excluding steroid dienone is 2. The van der Waals surface area contributed by atoms with Crippen LogP contribution in [0.2, 0.25) is 0 Å². The molecule has 2 aliphatic rings. The predicted molar refractivity (Wildman–Crippen MR) is 109 cm³/mol. The molecule has 0 N–H and O–H groups in total. The maximum atomic E-state index is 2.38. The van der Waals surface area contributed by atoms with Crippen LogP contribution in [0.1, 0.15) is 74.0 Å². The lowest BCUT2D eigenvalue weighted by molar-refractivity contribution is 0.416. The number of hydrogen-bond acceptors (Lipinski definition) is 2. The summed E-state index contributed by atoms with van der Waals surface area (Å²) in [5.41, 5.74) is 3.47. The molecule has 2 heteroatoms. The van der Waals surface area contributed by atoms with Gasteiger partial charge in [0.2, 0.25) is 0 Å². The van der Waals surface area contributed by atoms with Crippen molar-refractivity contribution in [3.63, 3.8) is 0 Å². The second kappa shape index (κ2) is 8.01. The maximum Gasteiger partial charge on any atom is 0.0308 e. The van der Waals surface area contributed by atoms with Crippen LogP contribution in [-0.4, -0.2) is 0 Å². The lowest BCUT2D eigenvalue weighted by Crippen LogP contribution is -2.15. The van der Waals surface area contributed by atoms with Gasteiger partial charge in [-0.1, -0.05) is 50.7 Å². The van der Waals surface area contributed by atoms with Crippen LogP contribution in [0.15, 0.2) is 35.0 Å². The van der Waals surface area contributed by atoms with Gasteiger partial charge in [-0.2, -0.15) is 0 Å². The Morgan fingerprint density at radius 3 is 1.38 bits per heavy atom. The van der Waals surface area contributed by atoms with Crippen LogP contribution in [0.5, 0.6) is 0 Å². The largest absolute Gasteiger partial charge is 0.144 e. The molecule has 0 radical (unpaired) electrons. The Balaban J connectivity index is 1.83. The first-order chi connectivity index (χ1) is 11.9. The van der Waals surface area contributed by atoms with Gasteiger partial charge in [0.1, 0.15) is 0 Å². The van der Waals surface area contributed by atoms with Crippen molar-refractivity contribution in [2.24, 2.45) is 11.8 Å². The van der Waals surface area contributed by atoms with Gasteiger partial charge in [0.25, 0.3) is 0 Å². The number of hydrogen-bond donors (Lipinski definition) is 0. The molecule has 2 aromatic rings. The summed E-state index contributed by atoms with van der Waals surface area (Å²) in [4.78, 5) is 3.10. The van der Waals surface area contributed by atoms with E-state index in [-0.39, 0.29) is 0 Å². The van der Waals surface area contributed by atoms with Gasteiger partial charge in [-0.3, -0.25) is 0 Å². The molecule has 128 valence electrons. The molecule has 4 rings (SSSR count). The van der Waals surface area contributed by atoms with Crippen molar-refractivity contribution in [2.45, 2.75) is 64.2 Å². The standard InChI is InChI=1S/C22H28S2/c1-3-9-17(10-4-1)21(19-13-7-15-23-19)22(20-14-8-16-24-20)18-11-5-2-6-12-18/h7-8,13-18H,1-6,9-12H2/b22-21+. The Kier molecular flexibility index (Phi) is 5.54. The van der Waals surface area contributed by atoms with Gasteiger partial charge in [0.15, 0.2) is 0 Å². The van der Waals surface area contributed by atoms with Gasteiger partial charge in [-0.25, -0.2) is 0 Å². The van der Waals surface area contributed by atoms with Crippen molar-refractivity contribution < 1.29 is 0 Å². The molecule has 2 saturated carbocycles. The van der Waals surface area contributed by atoms with Crippen molar-refractivity contribution in [2.75, 3.05) is 0 Å². The van der Waals surface area contributed by atoms with Gasteiger partial charge in [-0.05, 0) is 71.6 Å². The van der Waals surface area contributed by atoms with Gasteiger partial charge < -0.3 is 0 Å². The summed E-state index contributed by atoms with van der Waals surface area (Å²) >= 11 is 3.92. The zero-order valence-electron chi connectivity index (χ0n) is 14.5. The molecule has 2 fully saturated rings. The lowest BCUT2D eigenvalue weighted by Gasteiger charge is -2.32. The van der Waals surface area contributed by atoms with Crippen LogP contribution < -0.4 is 0 Å². The van der Waals surface area contributed by atoms with E-state index in [9.17, 15) is 0 Å². The van der Waals surface area contributed by atoms with Gasteiger partial charge in [-0.15, -0.1) is 22.7 Å². The quantitative estimate of drug-likeness (QED) is 0.522. The molecular formula is C22H28S2. The van der Waals surface area contributed by atoms with E-state index in [1.807, 2.05) is 22.7 Å². The molecule has 0 unspecified atom stereocenters. The minimum absolute atomic E-state index is 0.788. The molecule has 0 bridgehead atoms. The van der Waals surface area contributed by atoms with E-state index >= 15 is 0 Å². The monoisotopic (exact) mass is 356 g/mol. The van der Waals surface area contributed by atoms with Crippen LogP contribution in [-0.2, 0) is 0 Å². The van der Waals surface area contributed by atoms with Gasteiger partial charge in [0.05, 0.1) is 0 Å². The third-order valence-corrected chi connectivity index (χ3v) is 7.70. The molecule has 0 aromatic carbocycles. The lowest BCUT2D eigenvalue weighted by atomic mass is 9.75. The number of thiophene rings is 2. The van der Waals surface area contributed by atoms with Crippen LogP contribution in [0.3, 0.4) is 0 Å². The third-order valence-electron chi connectivity index (χ3n) is 5.89. The van der Waals surface area contributed by atoms with Crippen LogP contribution in [0.4, 0.5) is 0 Å². The van der Waals surface area contributed by atoms with E-state index in [0.29, 0.717) is 0 Å².